The maximum Gasteiger partial charge on any atom is 0.226 e. The van der Waals surface area contributed by atoms with E-state index in [9.17, 15) is 10.4 Å². The third-order valence-corrected chi connectivity index (χ3v) is 5.56. The van der Waals surface area contributed by atoms with Gasteiger partial charge in [-0.3, -0.25) is 9.89 Å². The molecule has 136 valence electrons. The summed E-state index contributed by atoms with van der Waals surface area (Å²) < 4.78 is 5.44. The van der Waals surface area contributed by atoms with Crippen LogP contribution in [-0.2, 0) is 4.74 Å². The fraction of sp³-hybridized carbons (Fsp3) is 0.474. The van der Waals surface area contributed by atoms with Gasteiger partial charge in [0.1, 0.15) is 6.04 Å². The Hall–Kier alpha value is -1.91. The molecule has 3 aliphatic heterocycles. The predicted molar refractivity (Wildman–Crippen MR) is 98.8 cm³/mol. The minimum Gasteiger partial charge on any atom is -0.379 e. The van der Waals surface area contributed by atoms with E-state index in [1.54, 1.807) is 18.3 Å². The Balaban J connectivity index is 1.71. The first kappa shape index (κ1) is 17.5. The lowest BCUT2D eigenvalue weighted by molar-refractivity contribution is -0.214. The zero-order valence-corrected chi connectivity index (χ0v) is 15.2. The highest BCUT2D eigenvalue weighted by Gasteiger charge is 2.57. The van der Waals surface area contributed by atoms with Gasteiger partial charge < -0.3 is 14.7 Å². The number of hydrogen-bond donors (Lipinski definition) is 1. The molecule has 0 aliphatic carbocycles. The number of rotatable bonds is 3. The molecule has 26 heavy (non-hydrogen) atoms. The second kappa shape index (κ2) is 7.01. The number of aliphatic imine (C=N–C) groups is 1. The van der Waals surface area contributed by atoms with Gasteiger partial charge in [-0.15, -0.1) is 0 Å². The number of nitrogens with zero attached hydrogens (tertiary/aromatic N) is 4. The number of ether oxygens (including phenoxy) is 1. The lowest BCUT2D eigenvalue weighted by Gasteiger charge is -2.46. The van der Waals surface area contributed by atoms with Crippen molar-refractivity contribution in [3.8, 4) is 6.07 Å². The number of nitriles is 1. The molecule has 0 bridgehead atoms. The average molecular weight is 373 g/mol. The van der Waals surface area contributed by atoms with Crippen molar-refractivity contribution in [3.05, 3.63) is 46.1 Å². The average Bonchev–Trinajstić information content (AvgIpc) is 3.24. The maximum absolute atomic E-state index is 11.7. The Kier molecular flexibility index (Phi) is 4.72. The van der Waals surface area contributed by atoms with Gasteiger partial charge in [-0.25, -0.2) is 0 Å². The van der Waals surface area contributed by atoms with Crippen molar-refractivity contribution in [2.75, 3.05) is 32.8 Å². The highest BCUT2D eigenvalue weighted by atomic mass is 35.5. The smallest absolute Gasteiger partial charge is 0.226 e. The standard InChI is InChI=1S/C19H21ClN4O2/c20-15-5-3-14(4-6-15)13-22-18-16(12-21)17-2-1-7-24(17)19(18,25)23-8-10-26-11-9-23/h3-6,13,18,25H,1-2,7-11H2. The fourth-order valence-electron chi connectivity index (χ4n) is 4.06. The SMILES string of the molecule is N#CC1=C2CCCN2C(O)(N2CCOCC2)C1N=Cc1ccc(Cl)cc1. The number of morpholine rings is 1. The largest absolute Gasteiger partial charge is 0.379 e. The van der Waals surface area contributed by atoms with Crippen LogP contribution in [0.4, 0.5) is 0 Å². The second-order valence-corrected chi connectivity index (χ2v) is 7.18. The van der Waals surface area contributed by atoms with Crippen molar-refractivity contribution in [2.24, 2.45) is 4.99 Å². The molecule has 6 nitrogen and oxygen atoms in total. The molecule has 7 heteroatoms. The van der Waals surface area contributed by atoms with Crippen LogP contribution in [0.25, 0.3) is 0 Å². The Labute approximate surface area is 157 Å². The summed E-state index contributed by atoms with van der Waals surface area (Å²) in [5.74, 6) is -1.30. The van der Waals surface area contributed by atoms with E-state index in [2.05, 4.69) is 11.1 Å². The molecule has 3 heterocycles. The molecule has 1 N–H and O–H groups in total. The fourth-order valence-corrected chi connectivity index (χ4v) is 4.19. The monoisotopic (exact) mass is 372 g/mol. The first-order chi connectivity index (χ1) is 12.6. The van der Waals surface area contributed by atoms with Gasteiger partial charge in [0.15, 0.2) is 0 Å². The number of halogens is 1. The molecule has 2 atom stereocenters. The molecule has 2 fully saturated rings. The van der Waals surface area contributed by atoms with E-state index in [-0.39, 0.29) is 0 Å². The summed E-state index contributed by atoms with van der Waals surface area (Å²) in [5, 5.41) is 22.2. The van der Waals surface area contributed by atoms with Crippen molar-refractivity contribution in [3.63, 3.8) is 0 Å². The molecular formula is C19H21ClN4O2. The van der Waals surface area contributed by atoms with Gasteiger partial charge in [-0.1, -0.05) is 23.7 Å². The van der Waals surface area contributed by atoms with Crippen LogP contribution in [0.15, 0.2) is 40.5 Å². The second-order valence-electron chi connectivity index (χ2n) is 6.75. The highest BCUT2D eigenvalue weighted by Crippen LogP contribution is 2.45. The first-order valence-electron chi connectivity index (χ1n) is 8.89. The van der Waals surface area contributed by atoms with E-state index in [4.69, 9.17) is 16.3 Å². The lowest BCUT2D eigenvalue weighted by Crippen LogP contribution is -2.65. The van der Waals surface area contributed by atoms with Crippen LogP contribution in [0.2, 0.25) is 5.02 Å². The van der Waals surface area contributed by atoms with E-state index in [0.29, 0.717) is 36.9 Å². The van der Waals surface area contributed by atoms with Crippen LogP contribution in [-0.4, -0.2) is 65.9 Å². The van der Waals surface area contributed by atoms with Gasteiger partial charge in [-0.2, -0.15) is 5.26 Å². The van der Waals surface area contributed by atoms with E-state index in [1.165, 1.54) is 0 Å². The highest BCUT2D eigenvalue weighted by molar-refractivity contribution is 6.30. The Morgan fingerprint density at radius 2 is 2.00 bits per heavy atom. The molecule has 0 saturated carbocycles. The molecule has 2 unspecified atom stereocenters. The van der Waals surface area contributed by atoms with Crippen molar-refractivity contribution in [1.29, 1.82) is 5.26 Å². The van der Waals surface area contributed by atoms with Gasteiger partial charge in [0, 0.05) is 36.6 Å². The van der Waals surface area contributed by atoms with Gasteiger partial charge in [0.25, 0.3) is 0 Å². The zero-order chi connectivity index (χ0) is 18.1. The van der Waals surface area contributed by atoms with Crippen molar-refractivity contribution < 1.29 is 9.84 Å². The minimum absolute atomic E-state index is 0.570. The van der Waals surface area contributed by atoms with Crippen LogP contribution in [0.3, 0.4) is 0 Å². The van der Waals surface area contributed by atoms with Gasteiger partial charge in [0.2, 0.25) is 5.85 Å². The summed E-state index contributed by atoms with van der Waals surface area (Å²) in [7, 11) is 0. The van der Waals surface area contributed by atoms with Crippen LogP contribution >= 0.6 is 11.6 Å². The molecule has 3 aliphatic rings. The molecule has 0 radical (unpaired) electrons. The molecule has 4 rings (SSSR count). The number of hydrogen-bond acceptors (Lipinski definition) is 6. The molecule has 2 saturated heterocycles. The first-order valence-corrected chi connectivity index (χ1v) is 9.27. The van der Waals surface area contributed by atoms with E-state index in [0.717, 1.165) is 30.6 Å². The zero-order valence-electron chi connectivity index (χ0n) is 14.4. The minimum atomic E-state index is -1.30. The Morgan fingerprint density at radius 3 is 2.69 bits per heavy atom. The number of allylic oxidation sites excluding steroid dienone is 1. The summed E-state index contributed by atoms with van der Waals surface area (Å²) in [6, 6.07) is 9.02. The summed E-state index contributed by atoms with van der Waals surface area (Å²) in [6.07, 6.45) is 3.47. The van der Waals surface area contributed by atoms with Crippen molar-refractivity contribution in [1.82, 2.24) is 9.80 Å². The Bertz CT molecular complexity index is 780. The van der Waals surface area contributed by atoms with Crippen molar-refractivity contribution >= 4 is 17.8 Å². The third-order valence-electron chi connectivity index (χ3n) is 5.31. The topological polar surface area (TPSA) is 72.1 Å². The van der Waals surface area contributed by atoms with Crippen LogP contribution in [0.5, 0.6) is 0 Å². The third kappa shape index (κ3) is 2.81. The van der Waals surface area contributed by atoms with Gasteiger partial charge >= 0.3 is 0 Å². The molecule has 1 aromatic carbocycles. The molecule has 1 aromatic rings. The maximum atomic E-state index is 11.7. The van der Waals surface area contributed by atoms with Crippen LogP contribution < -0.4 is 0 Å². The number of benzene rings is 1. The molecule has 0 spiro atoms. The number of fused-ring (bicyclic) bond motifs is 1. The predicted octanol–water partition coefficient (Wildman–Crippen LogP) is 1.99. The quantitative estimate of drug-likeness (QED) is 0.821. The number of aliphatic hydroxyl groups is 1. The van der Waals surface area contributed by atoms with E-state index in [1.807, 2.05) is 21.9 Å². The Morgan fingerprint density at radius 1 is 1.27 bits per heavy atom. The summed E-state index contributed by atoms with van der Waals surface area (Å²) >= 11 is 5.94. The van der Waals surface area contributed by atoms with E-state index >= 15 is 0 Å². The van der Waals surface area contributed by atoms with E-state index < -0.39 is 11.9 Å². The van der Waals surface area contributed by atoms with Crippen molar-refractivity contribution in [2.45, 2.75) is 24.7 Å². The molecule has 0 aromatic heterocycles. The lowest BCUT2D eigenvalue weighted by atomic mass is 10.0. The van der Waals surface area contributed by atoms with Crippen LogP contribution in [0.1, 0.15) is 18.4 Å². The summed E-state index contributed by atoms with van der Waals surface area (Å²) in [5.41, 5.74) is 2.38. The summed E-state index contributed by atoms with van der Waals surface area (Å²) in [6.45, 7) is 3.11. The van der Waals surface area contributed by atoms with Crippen LogP contribution in [0, 0.1) is 11.3 Å². The van der Waals surface area contributed by atoms with Gasteiger partial charge in [0.05, 0.1) is 24.9 Å². The van der Waals surface area contributed by atoms with Gasteiger partial charge in [-0.05, 0) is 30.5 Å². The normalized spacial score (nSPS) is 29.4. The molecular weight excluding hydrogens is 352 g/mol. The molecule has 0 amide bonds. The summed E-state index contributed by atoms with van der Waals surface area (Å²) in [4.78, 5) is 8.63.